The van der Waals surface area contributed by atoms with Crippen LogP contribution in [-0.2, 0) is 6.54 Å². The molecule has 3 aromatic rings. The number of piperazine rings is 1. The molecule has 4 N–H and O–H groups in total. The maximum atomic E-state index is 10.4. The maximum absolute atomic E-state index is 10.4. The van der Waals surface area contributed by atoms with Gasteiger partial charge in [-0.15, -0.1) is 0 Å². The third-order valence-electron chi connectivity index (χ3n) is 5.74. The van der Waals surface area contributed by atoms with E-state index in [2.05, 4.69) is 52.3 Å². The Balaban J connectivity index is 1.21. The maximum Gasteiger partial charge on any atom is 0.122 e. The van der Waals surface area contributed by atoms with Crippen molar-refractivity contribution in [2.45, 2.75) is 12.6 Å². The molecule has 0 bridgehead atoms. The number of β-amino-alcohol motifs (C(OH)–C–C–N with tert-alkyl or cyclic N) is 1. The van der Waals surface area contributed by atoms with Gasteiger partial charge in [-0.1, -0.05) is 48.5 Å². The molecular weight excluding hydrogens is 388 g/mol. The Kier molecular flexibility index (Phi) is 6.82. The van der Waals surface area contributed by atoms with E-state index in [0.717, 1.165) is 32.7 Å². The largest absolute Gasteiger partial charge is 0.491 e. The first-order valence-corrected chi connectivity index (χ1v) is 10.7. The van der Waals surface area contributed by atoms with Crippen molar-refractivity contribution in [2.75, 3.05) is 39.3 Å². The van der Waals surface area contributed by atoms with Crippen LogP contribution in [0.3, 0.4) is 0 Å². The Bertz CT molecular complexity index is 1030. The second kappa shape index (κ2) is 9.92. The summed E-state index contributed by atoms with van der Waals surface area (Å²) in [4.78, 5) is 4.76. The number of hydrogen-bond donors (Lipinski definition) is 3. The smallest absolute Gasteiger partial charge is 0.122 e. The zero-order valence-electron chi connectivity index (χ0n) is 17.7. The number of rotatable bonds is 8. The predicted molar refractivity (Wildman–Crippen MR) is 125 cm³/mol. The van der Waals surface area contributed by atoms with Gasteiger partial charge in [-0.05, 0) is 34.5 Å². The summed E-state index contributed by atoms with van der Waals surface area (Å²) in [6.07, 6.45) is -0.562. The van der Waals surface area contributed by atoms with Crippen LogP contribution in [0.5, 0.6) is 5.75 Å². The number of fused-ring (bicyclic) bond motifs is 1. The monoisotopic (exact) mass is 418 g/mol. The van der Waals surface area contributed by atoms with Crippen LogP contribution in [0.2, 0.25) is 0 Å². The van der Waals surface area contributed by atoms with Crippen LogP contribution in [0.4, 0.5) is 0 Å². The molecule has 0 spiro atoms. The molecule has 3 aromatic carbocycles. The molecule has 0 aliphatic carbocycles. The van der Waals surface area contributed by atoms with E-state index in [4.69, 9.17) is 15.9 Å². The zero-order valence-corrected chi connectivity index (χ0v) is 17.7. The van der Waals surface area contributed by atoms with E-state index in [1.807, 2.05) is 6.07 Å². The van der Waals surface area contributed by atoms with Crippen molar-refractivity contribution in [1.82, 2.24) is 9.80 Å². The zero-order chi connectivity index (χ0) is 21.6. The van der Waals surface area contributed by atoms with Gasteiger partial charge in [0.1, 0.15) is 24.3 Å². The van der Waals surface area contributed by atoms with Gasteiger partial charge in [-0.2, -0.15) is 0 Å². The summed E-state index contributed by atoms with van der Waals surface area (Å²) < 4.78 is 5.70. The van der Waals surface area contributed by atoms with Crippen molar-refractivity contribution in [3.05, 3.63) is 77.9 Å². The molecule has 31 heavy (non-hydrogen) atoms. The first-order chi connectivity index (χ1) is 15.1. The van der Waals surface area contributed by atoms with Gasteiger partial charge < -0.3 is 15.6 Å². The lowest BCUT2D eigenvalue weighted by molar-refractivity contribution is 0.0446. The molecule has 0 aromatic heterocycles. The fourth-order valence-electron chi connectivity index (χ4n) is 4.02. The molecule has 1 saturated heterocycles. The number of aliphatic hydroxyl groups excluding tert-OH is 1. The van der Waals surface area contributed by atoms with Crippen molar-refractivity contribution in [3.8, 4) is 5.75 Å². The van der Waals surface area contributed by atoms with E-state index in [1.54, 1.807) is 18.2 Å². The number of amidine groups is 1. The normalized spacial score (nSPS) is 16.3. The van der Waals surface area contributed by atoms with E-state index < -0.39 is 6.10 Å². The molecule has 6 nitrogen and oxygen atoms in total. The average Bonchev–Trinajstić information content (AvgIpc) is 2.79. The number of hydrogen-bond acceptors (Lipinski definition) is 5. The summed E-state index contributed by atoms with van der Waals surface area (Å²) >= 11 is 0. The second-order valence-corrected chi connectivity index (χ2v) is 8.16. The van der Waals surface area contributed by atoms with Crippen molar-refractivity contribution in [3.63, 3.8) is 0 Å². The van der Waals surface area contributed by atoms with E-state index >= 15 is 0 Å². The SMILES string of the molecule is N=C(N)c1cccc(OCC(O)CN2CCN(Cc3ccc4ccccc4c3)CC2)c1. The van der Waals surface area contributed by atoms with E-state index in [0.29, 0.717) is 17.9 Å². The molecule has 4 rings (SSSR count). The number of benzene rings is 3. The minimum absolute atomic E-state index is 0.00700. The van der Waals surface area contributed by atoms with Gasteiger partial charge in [0.15, 0.2) is 0 Å². The van der Waals surface area contributed by atoms with Crippen LogP contribution >= 0.6 is 0 Å². The molecule has 1 heterocycles. The van der Waals surface area contributed by atoms with Crippen LogP contribution in [0.25, 0.3) is 10.8 Å². The van der Waals surface area contributed by atoms with Gasteiger partial charge >= 0.3 is 0 Å². The van der Waals surface area contributed by atoms with E-state index in [1.165, 1.54) is 16.3 Å². The Morgan fingerprint density at radius 2 is 1.68 bits per heavy atom. The standard InChI is InChI=1S/C25H30N4O2/c26-25(27)22-6-3-7-24(15-22)31-18-23(30)17-29-12-10-28(11-13-29)16-19-8-9-20-4-1-2-5-21(20)14-19/h1-9,14-15,23,30H,10-13,16-18H2,(H3,26,27). The molecule has 0 amide bonds. The lowest BCUT2D eigenvalue weighted by Crippen LogP contribution is -2.48. The van der Waals surface area contributed by atoms with E-state index in [-0.39, 0.29) is 12.4 Å². The Morgan fingerprint density at radius 3 is 2.45 bits per heavy atom. The van der Waals surface area contributed by atoms with E-state index in [9.17, 15) is 5.11 Å². The van der Waals surface area contributed by atoms with Crippen molar-refractivity contribution in [2.24, 2.45) is 5.73 Å². The average molecular weight is 419 g/mol. The first kappa shape index (κ1) is 21.3. The summed E-state index contributed by atoms with van der Waals surface area (Å²) in [5, 5.41) is 20.5. The molecule has 1 atom stereocenters. The number of nitrogens with two attached hydrogens (primary N) is 1. The molecule has 162 valence electrons. The Labute approximate surface area is 183 Å². The fourth-order valence-corrected chi connectivity index (χ4v) is 4.02. The third kappa shape index (κ3) is 5.82. The number of nitrogens with one attached hydrogen (secondary N) is 1. The van der Waals surface area contributed by atoms with Crippen LogP contribution < -0.4 is 10.5 Å². The molecule has 0 radical (unpaired) electrons. The molecule has 1 unspecified atom stereocenters. The minimum Gasteiger partial charge on any atom is -0.491 e. The highest BCUT2D eigenvalue weighted by atomic mass is 16.5. The topological polar surface area (TPSA) is 85.8 Å². The van der Waals surface area contributed by atoms with Gasteiger partial charge in [0.05, 0.1) is 0 Å². The highest BCUT2D eigenvalue weighted by molar-refractivity contribution is 5.95. The summed E-state index contributed by atoms with van der Waals surface area (Å²) in [7, 11) is 0. The number of ether oxygens (including phenoxy) is 1. The first-order valence-electron chi connectivity index (χ1n) is 10.7. The molecule has 1 aliphatic rings. The van der Waals surface area contributed by atoms with Gasteiger partial charge in [-0.3, -0.25) is 15.2 Å². The molecular formula is C25H30N4O2. The third-order valence-corrected chi connectivity index (χ3v) is 5.74. The van der Waals surface area contributed by atoms with Gasteiger partial charge in [0.2, 0.25) is 0 Å². The summed E-state index contributed by atoms with van der Waals surface area (Å²) in [5.41, 5.74) is 7.48. The van der Waals surface area contributed by atoms with Crippen LogP contribution in [0, 0.1) is 5.41 Å². The summed E-state index contributed by atoms with van der Waals surface area (Å²) in [5.74, 6) is 0.625. The fraction of sp³-hybridized carbons (Fsp3) is 0.320. The Morgan fingerprint density at radius 1 is 0.935 bits per heavy atom. The lowest BCUT2D eigenvalue weighted by Gasteiger charge is -2.35. The summed E-state index contributed by atoms with van der Waals surface area (Å²) in [6, 6.07) is 22.3. The van der Waals surface area contributed by atoms with Gasteiger partial charge in [0.25, 0.3) is 0 Å². The van der Waals surface area contributed by atoms with Gasteiger partial charge in [-0.25, -0.2) is 0 Å². The molecule has 1 fully saturated rings. The minimum atomic E-state index is -0.562. The van der Waals surface area contributed by atoms with Crippen molar-refractivity contribution < 1.29 is 9.84 Å². The van der Waals surface area contributed by atoms with Crippen molar-refractivity contribution >= 4 is 16.6 Å². The molecule has 1 aliphatic heterocycles. The van der Waals surface area contributed by atoms with Crippen molar-refractivity contribution in [1.29, 1.82) is 5.41 Å². The highest BCUT2D eigenvalue weighted by Gasteiger charge is 2.19. The highest BCUT2D eigenvalue weighted by Crippen LogP contribution is 2.18. The predicted octanol–water partition coefficient (Wildman–Crippen LogP) is 2.68. The van der Waals surface area contributed by atoms with Crippen LogP contribution in [0.15, 0.2) is 66.7 Å². The lowest BCUT2D eigenvalue weighted by atomic mass is 10.1. The summed E-state index contributed by atoms with van der Waals surface area (Å²) in [6.45, 7) is 5.61. The van der Waals surface area contributed by atoms with Gasteiger partial charge in [0, 0.05) is 44.8 Å². The van der Waals surface area contributed by atoms with Crippen LogP contribution in [-0.4, -0.2) is 66.2 Å². The molecule has 0 saturated carbocycles. The Hall–Kier alpha value is -2.93. The molecule has 6 heteroatoms. The van der Waals surface area contributed by atoms with Crippen LogP contribution in [0.1, 0.15) is 11.1 Å². The number of nitrogen functional groups attached to an aromatic ring is 1. The number of aliphatic hydroxyl groups is 1. The number of nitrogens with zero attached hydrogens (tertiary/aromatic N) is 2. The quantitative estimate of drug-likeness (QED) is 0.387. The second-order valence-electron chi connectivity index (χ2n) is 8.16.